The number of aliphatic hydroxyl groups is 1. The number of hydrogen-bond acceptors (Lipinski definition) is 5. The van der Waals surface area contributed by atoms with E-state index in [0.29, 0.717) is 5.75 Å². The lowest BCUT2D eigenvalue weighted by Gasteiger charge is -2.11. The van der Waals surface area contributed by atoms with E-state index in [9.17, 15) is 15.2 Å². The fourth-order valence-electron chi connectivity index (χ4n) is 2.17. The zero-order chi connectivity index (χ0) is 18.9. The van der Waals surface area contributed by atoms with Crippen LogP contribution in [-0.2, 0) is 6.42 Å². The van der Waals surface area contributed by atoms with Crippen LogP contribution in [0.4, 0.5) is 11.4 Å². The second kappa shape index (κ2) is 11.3. The number of benzene rings is 2. The second-order valence-corrected chi connectivity index (χ2v) is 5.62. The highest BCUT2D eigenvalue weighted by molar-refractivity contribution is 14.0. The largest absolute Gasteiger partial charge is 0.491 e. The van der Waals surface area contributed by atoms with Gasteiger partial charge in [0.15, 0.2) is 5.96 Å². The fraction of sp³-hybridized carbons (Fsp3) is 0.278. The Labute approximate surface area is 174 Å². The molecule has 1 atom stereocenters. The van der Waals surface area contributed by atoms with Gasteiger partial charge >= 0.3 is 0 Å². The van der Waals surface area contributed by atoms with Crippen LogP contribution in [-0.4, -0.2) is 35.2 Å². The van der Waals surface area contributed by atoms with E-state index >= 15 is 0 Å². The first-order valence-corrected chi connectivity index (χ1v) is 8.19. The summed E-state index contributed by atoms with van der Waals surface area (Å²) in [6, 6.07) is 13.5. The predicted octanol–water partition coefficient (Wildman–Crippen LogP) is 2.94. The average Bonchev–Trinajstić information content (AvgIpc) is 2.65. The van der Waals surface area contributed by atoms with Crippen molar-refractivity contribution in [2.45, 2.75) is 19.4 Å². The lowest BCUT2D eigenvalue weighted by molar-refractivity contribution is -0.384. The third kappa shape index (κ3) is 7.79. The van der Waals surface area contributed by atoms with E-state index in [4.69, 9.17) is 10.5 Å². The molecular weight excluding hydrogens is 463 g/mol. The summed E-state index contributed by atoms with van der Waals surface area (Å²) in [4.78, 5) is 14.2. The highest BCUT2D eigenvalue weighted by Gasteiger charge is 2.08. The molecule has 0 amide bonds. The Kier molecular flexibility index (Phi) is 9.51. The Morgan fingerprint density at radius 3 is 2.67 bits per heavy atom. The van der Waals surface area contributed by atoms with Gasteiger partial charge in [-0.15, -0.1) is 24.0 Å². The summed E-state index contributed by atoms with van der Waals surface area (Å²) in [6.07, 6.45) is 0.0677. The van der Waals surface area contributed by atoms with Crippen LogP contribution in [0, 0.1) is 10.1 Å². The maximum Gasteiger partial charge on any atom is 0.269 e. The zero-order valence-electron chi connectivity index (χ0n) is 14.9. The number of aliphatic hydroxyl groups excluding tert-OH is 1. The van der Waals surface area contributed by atoms with Gasteiger partial charge in [0.1, 0.15) is 18.5 Å². The summed E-state index contributed by atoms with van der Waals surface area (Å²) in [5, 5.41) is 23.5. The summed E-state index contributed by atoms with van der Waals surface area (Å²) in [7, 11) is 0. The van der Waals surface area contributed by atoms with Gasteiger partial charge in [-0.05, 0) is 36.2 Å². The Morgan fingerprint density at radius 2 is 2.04 bits per heavy atom. The van der Waals surface area contributed by atoms with E-state index in [1.807, 2.05) is 24.3 Å². The first-order chi connectivity index (χ1) is 12.5. The highest BCUT2D eigenvalue weighted by atomic mass is 127. The van der Waals surface area contributed by atoms with Crippen LogP contribution in [0.2, 0.25) is 0 Å². The van der Waals surface area contributed by atoms with E-state index in [1.165, 1.54) is 29.8 Å². The summed E-state index contributed by atoms with van der Waals surface area (Å²) in [5.41, 5.74) is 7.82. The van der Waals surface area contributed by atoms with Gasteiger partial charge < -0.3 is 20.9 Å². The first-order valence-electron chi connectivity index (χ1n) is 8.19. The summed E-state index contributed by atoms with van der Waals surface area (Å²) < 4.78 is 5.38. The van der Waals surface area contributed by atoms with Crippen molar-refractivity contribution >= 4 is 41.3 Å². The second-order valence-electron chi connectivity index (χ2n) is 5.62. The number of hydrogen-bond donors (Lipinski definition) is 3. The van der Waals surface area contributed by atoms with Gasteiger partial charge in [0.05, 0.1) is 11.5 Å². The van der Waals surface area contributed by atoms with Crippen LogP contribution in [0.15, 0.2) is 53.5 Å². The zero-order valence-corrected chi connectivity index (χ0v) is 17.2. The molecule has 9 heteroatoms. The Balaban J connectivity index is 0.00000364. The van der Waals surface area contributed by atoms with E-state index < -0.39 is 11.0 Å². The van der Waals surface area contributed by atoms with Crippen molar-refractivity contribution in [3.8, 4) is 5.75 Å². The molecule has 2 aromatic rings. The fourth-order valence-corrected chi connectivity index (χ4v) is 2.17. The molecule has 0 heterocycles. The van der Waals surface area contributed by atoms with E-state index in [0.717, 1.165) is 12.1 Å². The number of nitro groups is 1. The molecule has 0 bridgehead atoms. The smallest absolute Gasteiger partial charge is 0.269 e. The Morgan fingerprint density at radius 1 is 1.33 bits per heavy atom. The van der Waals surface area contributed by atoms with Gasteiger partial charge in [0.2, 0.25) is 0 Å². The number of aliphatic imine (C=N–C) groups is 1. The maximum atomic E-state index is 10.6. The van der Waals surface area contributed by atoms with Crippen molar-refractivity contribution in [1.29, 1.82) is 0 Å². The van der Waals surface area contributed by atoms with Gasteiger partial charge in [-0.3, -0.25) is 15.1 Å². The average molecular weight is 486 g/mol. The summed E-state index contributed by atoms with van der Waals surface area (Å²) in [6.45, 7) is 2.14. The van der Waals surface area contributed by atoms with Crippen LogP contribution in [0.25, 0.3) is 0 Å². The topological polar surface area (TPSA) is 123 Å². The number of halogens is 1. The predicted molar refractivity (Wildman–Crippen MR) is 116 cm³/mol. The van der Waals surface area contributed by atoms with Crippen LogP contribution >= 0.6 is 24.0 Å². The number of aryl methyl sites for hydroxylation is 1. The first kappa shape index (κ1) is 22.6. The maximum absolute atomic E-state index is 10.6. The van der Waals surface area contributed by atoms with Gasteiger partial charge in [-0.2, -0.15) is 0 Å². The molecule has 0 aliphatic rings. The third-order valence-corrected chi connectivity index (χ3v) is 3.57. The number of nitro benzene ring substituents is 1. The molecule has 0 saturated carbocycles. The van der Waals surface area contributed by atoms with Gasteiger partial charge in [-0.25, -0.2) is 0 Å². The van der Waals surface area contributed by atoms with Gasteiger partial charge in [0, 0.05) is 17.8 Å². The number of nitrogens with one attached hydrogen (secondary N) is 1. The molecule has 0 aliphatic heterocycles. The normalized spacial score (nSPS) is 12.0. The quantitative estimate of drug-likeness (QED) is 0.173. The molecule has 2 aromatic carbocycles. The number of rotatable bonds is 8. The van der Waals surface area contributed by atoms with Crippen molar-refractivity contribution in [1.82, 2.24) is 0 Å². The van der Waals surface area contributed by atoms with E-state index in [-0.39, 0.29) is 48.8 Å². The SMILES string of the molecule is CCc1cccc(NC(N)=NCC(O)COc2ccc([N+](=O)[O-])cc2)c1.I. The molecule has 1 unspecified atom stereocenters. The number of nitrogens with two attached hydrogens (primary N) is 1. The molecule has 0 saturated heterocycles. The molecular formula is C18H23IN4O4. The minimum absolute atomic E-state index is 0. The highest BCUT2D eigenvalue weighted by Crippen LogP contribution is 2.17. The molecule has 0 aromatic heterocycles. The van der Waals surface area contributed by atoms with Crippen molar-refractivity contribution < 1.29 is 14.8 Å². The molecule has 4 N–H and O–H groups in total. The van der Waals surface area contributed by atoms with Crippen LogP contribution in [0.1, 0.15) is 12.5 Å². The Bertz CT molecular complexity index is 768. The van der Waals surface area contributed by atoms with Crippen LogP contribution in [0.3, 0.4) is 0 Å². The number of anilines is 1. The minimum atomic E-state index is -0.854. The van der Waals surface area contributed by atoms with Crippen molar-refractivity contribution in [2.24, 2.45) is 10.7 Å². The van der Waals surface area contributed by atoms with Crippen molar-refractivity contribution in [2.75, 3.05) is 18.5 Å². The Hall–Kier alpha value is -2.40. The molecule has 8 nitrogen and oxygen atoms in total. The summed E-state index contributed by atoms with van der Waals surface area (Å²) in [5.74, 6) is 0.633. The summed E-state index contributed by atoms with van der Waals surface area (Å²) >= 11 is 0. The van der Waals surface area contributed by atoms with E-state index in [1.54, 1.807) is 0 Å². The molecule has 146 valence electrons. The molecule has 0 radical (unpaired) electrons. The number of nitrogens with zero attached hydrogens (tertiary/aromatic N) is 2. The monoisotopic (exact) mass is 486 g/mol. The van der Waals surface area contributed by atoms with Crippen LogP contribution < -0.4 is 15.8 Å². The standard InChI is InChI=1S/C18H22N4O4.HI/c1-2-13-4-3-5-14(10-13)21-18(19)20-11-16(23)12-26-17-8-6-15(7-9-17)22(24)25;/h3-10,16,23H,2,11-12H2,1H3,(H3,19,20,21);1H. The van der Waals surface area contributed by atoms with Crippen LogP contribution in [0.5, 0.6) is 5.75 Å². The van der Waals surface area contributed by atoms with Gasteiger partial charge in [-0.1, -0.05) is 19.1 Å². The van der Waals surface area contributed by atoms with Crippen molar-refractivity contribution in [3.05, 3.63) is 64.2 Å². The number of non-ortho nitro benzene ring substituents is 1. The minimum Gasteiger partial charge on any atom is -0.491 e. The van der Waals surface area contributed by atoms with E-state index in [2.05, 4.69) is 17.2 Å². The number of ether oxygens (including phenoxy) is 1. The molecule has 2 rings (SSSR count). The number of guanidine groups is 1. The van der Waals surface area contributed by atoms with Crippen molar-refractivity contribution in [3.63, 3.8) is 0 Å². The lowest BCUT2D eigenvalue weighted by atomic mass is 10.1. The molecule has 27 heavy (non-hydrogen) atoms. The van der Waals surface area contributed by atoms with Gasteiger partial charge in [0.25, 0.3) is 5.69 Å². The molecule has 0 fully saturated rings. The third-order valence-electron chi connectivity index (χ3n) is 3.57. The lowest BCUT2D eigenvalue weighted by Crippen LogP contribution is -2.27. The molecule has 0 spiro atoms. The molecule has 0 aliphatic carbocycles.